The number of carbonyl (C=O) groups excluding carboxylic acids is 1. The van der Waals surface area contributed by atoms with Gasteiger partial charge < -0.3 is 15.4 Å². The molecular formula is C12H18N2O4S. The third-order valence-corrected chi connectivity index (χ3v) is 4.12. The van der Waals surface area contributed by atoms with Gasteiger partial charge in [-0.25, -0.2) is 4.79 Å². The molecule has 0 saturated carbocycles. The average molecular weight is 286 g/mol. The largest absolute Gasteiger partial charge is 0.477 e. The lowest BCUT2D eigenvalue weighted by molar-refractivity contribution is 0.0690. The Morgan fingerprint density at radius 1 is 1.37 bits per heavy atom. The van der Waals surface area contributed by atoms with E-state index in [4.69, 9.17) is 5.11 Å². The molecule has 0 spiro atoms. The molecule has 106 valence electrons. The molecule has 19 heavy (non-hydrogen) atoms. The zero-order valence-corrected chi connectivity index (χ0v) is 12.0. The van der Waals surface area contributed by atoms with E-state index < -0.39 is 16.8 Å². The molecule has 0 bridgehead atoms. The first-order valence-corrected chi connectivity index (χ1v) is 7.42. The van der Waals surface area contributed by atoms with Crippen LogP contribution in [0.2, 0.25) is 0 Å². The first-order chi connectivity index (χ1) is 8.88. The number of hydrogen-bond donors (Lipinski definition) is 3. The fourth-order valence-electron chi connectivity index (χ4n) is 1.82. The van der Waals surface area contributed by atoms with Gasteiger partial charge >= 0.3 is 5.97 Å². The van der Waals surface area contributed by atoms with Gasteiger partial charge in [-0.3, -0.25) is 9.00 Å². The van der Waals surface area contributed by atoms with Crippen LogP contribution in [0.15, 0.2) is 0 Å². The minimum Gasteiger partial charge on any atom is -0.477 e. The van der Waals surface area contributed by atoms with Crippen molar-refractivity contribution < 1.29 is 18.9 Å². The zero-order chi connectivity index (χ0) is 14.6. The van der Waals surface area contributed by atoms with Gasteiger partial charge in [0, 0.05) is 34.5 Å². The molecule has 0 aromatic carbocycles. The smallest absolute Gasteiger partial charge is 0.352 e. The van der Waals surface area contributed by atoms with E-state index >= 15 is 0 Å². The number of carbonyl (C=O) groups is 2. The van der Waals surface area contributed by atoms with Gasteiger partial charge in [0.1, 0.15) is 5.69 Å². The number of aryl methyl sites for hydroxylation is 1. The minimum atomic E-state index is -1.09. The van der Waals surface area contributed by atoms with Crippen LogP contribution >= 0.6 is 0 Å². The monoisotopic (exact) mass is 286 g/mol. The van der Waals surface area contributed by atoms with E-state index in [0.29, 0.717) is 34.9 Å². The number of rotatable bonds is 6. The van der Waals surface area contributed by atoms with Gasteiger partial charge in [0.05, 0.1) is 5.56 Å². The number of carboxylic acid groups (broad SMARTS) is 1. The van der Waals surface area contributed by atoms with Crippen LogP contribution in [0.4, 0.5) is 0 Å². The lowest BCUT2D eigenvalue weighted by Gasteiger charge is -2.05. The molecule has 1 heterocycles. The molecular weight excluding hydrogens is 268 g/mol. The maximum absolute atomic E-state index is 12.0. The van der Waals surface area contributed by atoms with Crippen molar-refractivity contribution in [3.05, 3.63) is 22.5 Å². The lowest BCUT2D eigenvalue weighted by Crippen LogP contribution is -2.28. The highest BCUT2D eigenvalue weighted by atomic mass is 32.2. The maximum Gasteiger partial charge on any atom is 0.352 e. The van der Waals surface area contributed by atoms with E-state index in [1.807, 2.05) is 6.92 Å². The van der Waals surface area contributed by atoms with Crippen LogP contribution in [0.5, 0.6) is 0 Å². The summed E-state index contributed by atoms with van der Waals surface area (Å²) in [6.07, 6.45) is 0. The molecule has 1 aromatic heterocycles. The van der Waals surface area contributed by atoms with Gasteiger partial charge in [-0.05, 0) is 19.4 Å². The van der Waals surface area contributed by atoms with Crippen LogP contribution in [0.1, 0.15) is 39.0 Å². The molecule has 1 atom stereocenters. The summed E-state index contributed by atoms with van der Waals surface area (Å²) in [6, 6.07) is 0. The van der Waals surface area contributed by atoms with Gasteiger partial charge in [-0.15, -0.1) is 0 Å². The number of nitrogens with one attached hydrogen (secondary N) is 2. The zero-order valence-electron chi connectivity index (χ0n) is 11.2. The third kappa shape index (κ3) is 3.66. The first-order valence-electron chi connectivity index (χ1n) is 5.94. The summed E-state index contributed by atoms with van der Waals surface area (Å²) in [4.78, 5) is 25.6. The summed E-state index contributed by atoms with van der Waals surface area (Å²) in [5.41, 5.74) is 1.31. The number of carboxylic acids is 1. The predicted molar refractivity (Wildman–Crippen MR) is 73.1 cm³/mol. The Balaban J connectivity index is 2.78. The summed E-state index contributed by atoms with van der Waals surface area (Å²) in [7, 11) is -0.929. The average Bonchev–Trinajstić information content (AvgIpc) is 2.64. The molecule has 0 aliphatic carbocycles. The molecule has 0 saturated heterocycles. The Bertz CT molecular complexity index is 522. The number of hydrogen-bond acceptors (Lipinski definition) is 3. The van der Waals surface area contributed by atoms with Gasteiger partial charge in [-0.1, -0.05) is 6.92 Å². The Hall–Kier alpha value is -1.63. The van der Waals surface area contributed by atoms with E-state index in [9.17, 15) is 13.8 Å². The van der Waals surface area contributed by atoms with E-state index in [-0.39, 0.29) is 11.6 Å². The lowest BCUT2D eigenvalue weighted by atomic mass is 10.1. The van der Waals surface area contributed by atoms with Crippen LogP contribution in [0.25, 0.3) is 0 Å². The molecule has 3 N–H and O–H groups in total. The summed E-state index contributed by atoms with van der Waals surface area (Å²) >= 11 is 0. The summed E-state index contributed by atoms with van der Waals surface area (Å²) in [5, 5.41) is 11.6. The second-order valence-electron chi connectivity index (χ2n) is 4.12. The summed E-state index contributed by atoms with van der Waals surface area (Å²) in [6.45, 7) is 5.37. The SMILES string of the molecule is CCS(=O)CCNC(=O)c1c(C)[nH]c(C(=O)O)c1C. The van der Waals surface area contributed by atoms with Crippen LogP contribution in [-0.4, -0.2) is 44.2 Å². The van der Waals surface area contributed by atoms with E-state index in [1.54, 1.807) is 13.8 Å². The highest BCUT2D eigenvalue weighted by Gasteiger charge is 2.21. The minimum absolute atomic E-state index is 0.0276. The van der Waals surface area contributed by atoms with Gasteiger partial charge in [0.15, 0.2) is 0 Å². The Labute approximate surface area is 114 Å². The molecule has 0 aliphatic rings. The molecule has 0 fully saturated rings. The van der Waals surface area contributed by atoms with Gasteiger partial charge in [0.25, 0.3) is 5.91 Å². The fourth-order valence-corrected chi connectivity index (χ4v) is 2.43. The van der Waals surface area contributed by atoms with Gasteiger partial charge in [0.2, 0.25) is 0 Å². The molecule has 1 aromatic rings. The van der Waals surface area contributed by atoms with Crippen LogP contribution in [0, 0.1) is 13.8 Å². The highest BCUT2D eigenvalue weighted by molar-refractivity contribution is 7.84. The van der Waals surface area contributed by atoms with Crippen molar-refractivity contribution in [3.8, 4) is 0 Å². The Morgan fingerprint density at radius 2 is 2.00 bits per heavy atom. The van der Waals surface area contributed by atoms with Crippen LogP contribution < -0.4 is 5.32 Å². The van der Waals surface area contributed by atoms with Crippen LogP contribution in [0.3, 0.4) is 0 Å². The normalized spacial score (nSPS) is 12.2. The number of aromatic amines is 1. The third-order valence-electron chi connectivity index (χ3n) is 2.82. The van der Waals surface area contributed by atoms with Crippen molar-refractivity contribution in [1.29, 1.82) is 0 Å². The topological polar surface area (TPSA) is 99.3 Å². The number of aromatic carboxylic acids is 1. The quantitative estimate of drug-likeness (QED) is 0.721. The molecule has 1 unspecified atom stereocenters. The summed E-state index contributed by atoms with van der Waals surface area (Å²) < 4.78 is 11.2. The fraction of sp³-hybridized carbons (Fsp3) is 0.500. The Morgan fingerprint density at radius 3 is 2.47 bits per heavy atom. The van der Waals surface area contributed by atoms with Crippen LogP contribution in [-0.2, 0) is 10.8 Å². The molecule has 7 heteroatoms. The number of aromatic nitrogens is 1. The van der Waals surface area contributed by atoms with Crippen molar-refractivity contribution in [2.45, 2.75) is 20.8 Å². The molecule has 1 amide bonds. The molecule has 6 nitrogen and oxygen atoms in total. The second-order valence-corrected chi connectivity index (χ2v) is 5.98. The number of amides is 1. The number of H-pyrrole nitrogens is 1. The molecule has 0 radical (unpaired) electrons. The van der Waals surface area contributed by atoms with E-state index in [0.717, 1.165) is 0 Å². The standard InChI is InChI=1S/C12H18N2O4S/c1-4-19(18)6-5-13-11(15)9-7(2)10(12(16)17)14-8(9)3/h14H,4-6H2,1-3H3,(H,13,15)(H,16,17). The Kier molecular flexibility index (Phi) is 5.29. The molecule has 1 rings (SSSR count). The highest BCUT2D eigenvalue weighted by Crippen LogP contribution is 2.17. The van der Waals surface area contributed by atoms with Crippen molar-refractivity contribution in [2.75, 3.05) is 18.1 Å². The maximum atomic E-state index is 12.0. The van der Waals surface area contributed by atoms with E-state index in [2.05, 4.69) is 10.3 Å². The first kappa shape index (κ1) is 15.4. The summed E-state index contributed by atoms with van der Waals surface area (Å²) in [5.74, 6) is -0.476. The van der Waals surface area contributed by atoms with Gasteiger partial charge in [-0.2, -0.15) is 0 Å². The van der Waals surface area contributed by atoms with Crippen molar-refractivity contribution in [2.24, 2.45) is 0 Å². The second kappa shape index (κ2) is 6.51. The van der Waals surface area contributed by atoms with Crippen molar-refractivity contribution in [1.82, 2.24) is 10.3 Å². The van der Waals surface area contributed by atoms with E-state index in [1.165, 1.54) is 0 Å². The van der Waals surface area contributed by atoms with Crippen molar-refractivity contribution in [3.63, 3.8) is 0 Å². The molecule has 0 aliphatic heterocycles. The predicted octanol–water partition coefficient (Wildman–Crippen LogP) is 0.828. The van der Waals surface area contributed by atoms with Crippen molar-refractivity contribution >= 4 is 22.7 Å².